The van der Waals surface area contributed by atoms with Crippen LogP contribution in [0, 0.1) is 0 Å². The monoisotopic (exact) mass is 300 g/mol. The molecule has 1 aliphatic heterocycles. The smallest absolute Gasteiger partial charge is 0.332 e. The minimum Gasteiger partial charge on any atom is -0.335 e. The SMILES string of the molecule is CC(C)N1CN(c2ccccc2)c2c1n(C)c(=O)n(C)c2=O. The molecule has 0 unspecified atom stereocenters. The van der Waals surface area contributed by atoms with Gasteiger partial charge < -0.3 is 9.80 Å². The molecule has 1 aromatic heterocycles. The number of fused-ring (bicyclic) bond motifs is 1. The van der Waals surface area contributed by atoms with Gasteiger partial charge in [0.15, 0.2) is 5.69 Å². The van der Waals surface area contributed by atoms with Gasteiger partial charge >= 0.3 is 5.69 Å². The van der Waals surface area contributed by atoms with E-state index < -0.39 is 0 Å². The number of benzene rings is 1. The summed E-state index contributed by atoms with van der Waals surface area (Å²) in [6.45, 7) is 4.67. The van der Waals surface area contributed by atoms with Crippen molar-refractivity contribution in [1.29, 1.82) is 0 Å². The minimum atomic E-state index is -0.302. The third-order valence-corrected chi connectivity index (χ3v) is 4.14. The van der Waals surface area contributed by atoms with Crippen molar-refractivity contribution in [2.75, 3.05) is 16.5 Å². The lowest BCUT2D eigenvalue weighted by atomic mass is 10.3. The number of hydrogen-bond donors (Lipinski definition) is 0. The van der Waals surface area contributed by atoms with E-state index in [9.17, 15) is 9.59 Å². The molecule has 0 bridgehead atoms. The van der Waals surface area contributed by atoms with E-state index in [1.54, 1.807) is 11.6 Å². The normalized spacial score (nSPS) is 13.9. The topological polar surface area (TPSA) is 50.5 Å². The molecule has 2 aromatic rings. The molecule has 1 aliphatic rings. The first-order chi connectivity index (χ1) is 10.4. The molecule has 0 fully saturated rings. The highest BCUT2D eigenvalue weighted by atomic mass is 16.2. The van der Waals surface area contributed by atoms with E-state index in [4.69, 9.17) is 0 Å². The first kappa shape index (κ1) is 14.4. The lowest BCUT2D eigenvalue weighted by Gasteiger charge is -2.25. The van der Waals surface area contributed by atoms with Crippen LogP contribution in [-0.2, 0) is 14.1 Å². The standard InChI is InChI=1S/C16H20N4O2/c1-11(2)19-10-20(12-8-6-5-7-9-12)13-14(19)17(3)16(22)18(4)15(13)21/h5-9,11H,10H2,1-4H3. The summed E-state index contributed by atoms with van der Waals surface area (Å²) in [5.41, 5.74) is 0.946. The molecule has 0 saturated heterocycles. The van der Waals surface area contributed by atoms with Crippen LogP contribution < -0.4 is 21.0 Å². The van der Waals surface area contributed by atoms with Gasteiger partial charge in [0, 0.05) is 25.8 Å². The molecule has 22 heavy (non-hydrogen) atoms. The van der Waals surface area contributed by atoms with Gasteiger partial charge in [0.2, 0.25) is 0 Å². The van der Waals surface area contributed by atoms with Gasteiger partial charge in [-0.15, -0.1) is 0 Å². The van der Waals surface area contributed by atoms with Gasteiger partial charge in [-0.1, -0.05) is 18.2 Å². The van der Waals surface area contributed by atoms with Crippen LogP contribution in [0.5, 0.6) is 0 Å². The average Bonchev–Trinajstić information content (AvgIpc) is 2.92. The summed E-state index contributed by atoms with van der Waals surface area (Å²) in [5, 5.41) is 0. The Labute approximate surface area is 128 Å². The number of nitrogens with zero attached hydrogens (tertiary/aromatic N) is 4. The zero-order valence-electron chi connectivity index (χ0n) is 13.3. The molecule has 0 N–H and O–H groups in total. The number of aromatic nitrogens is 2. The third kappa shape index (κ3) is 1.94. The second kappa shape index (κ2) is 5.05. The van der Waals surface area contributed by atoms with Crippen LogP contribution in [0.1, 0.15) is 13.8 Å². The summed E-state index contributed by atoms with van der Waals surface area (Å²) in [7, 11) is 3.23. The molecule has 0 aliphatic carbocycles. The Kier molecular flexibility index (Phi) is 3.31. The van der Waals surface area contributed by atoms with E-state index in [-0.39, 0.29) is 17.3 Å². The van der Waals surface area contributed by atoms with Crippen LogP contribution in [0.25, 0.3) is 0 Å². The van der Waals surface area contributed by atoms with Gasteiger partial charge in [-0.05, 0) is 26.0 Å². The van der Waals surface area contributed by atoms with Crippen molar-refractivity contribution >= 4 is 17.2 Å². The van der Waals surface area contributed by atoms with E-state index in [2.05, 4.69) is 18.7 Å². The first-order valence-corrected chi connectivity index (χ1v) is 7.32. The molecule has 0 saturated carbocycles. The Morgan fingerprint density at radius 3 is 2.23 bits per heavy atom. The van der Waals surface area contributed by atoms with Gasteiger partial charge in [-0.2, -0.15) is 0 Å². The van der Waals surface area contributed by atoms with Gasteiger partial charge in [0.05, 0.1) is 6.67 Å². The molecular weight excluding hydrogens is 280 g/mol. The zero-order chi connectivity index (χ0) is 16.0. The lowest BCUT2D eigenvalue weighted by molar-refractivity contribution is 0.651. The summed E-state index contributed by atoms with van der Waals surface area (Å²) in [6.07, 6.45) is 0. The van der Waals surface area contributed by atoms with Gasteiger partial charge in [-0.3, -0.25) is 13.9 Å². The summed E-state index contributed by atoms with van der Waals surface area (Å²) in [6, 6.07) is 9.96. The summed E-state index contributed by atoms with van der Waals surface area (Å²) in [5.74, 6) is 0.687. The maximum Gasteiger partial charge on any atom is 0.332 e. The van der Waals surface area contributed by atoms with Crippen molar-refractivity contribution in [2.45, 2.75) is 19.9 Å². The highest BCUT2D eigenvalue weighted by Crippen LogP contribution is 2.37. The second-order valence-electron chi connectivity index (χ2n) is 5.85. The fourth-order valence-electron chi connectivity index (χ4n) is 2.90. The van der Waals surface area contributed by atoms with Crippen LogP contribution in [0.15, 0.2) is 39.9 Å². The van der Waals surface area contributed by atoms with Crippen molar-refractivity contribution < 1.29 is 0 Å². The molecule has 0 atom stereocenters. The van der Waals surface area contributed by atoms with Crippen LogP contribution in [0.2, 0.25) is 0 Å². The Morgan fingerprint density at radius 2 is 1.64 bits per heavy atom. The average molecular weight is 300 g/mol. The molecule has 0 radical (unpaired) electrons. The summed E-state index contributed by atoms with van der Waals surface area (Å²) >= 11 is 0. The van der Waals surface area contributed by atoms with Gasteiger partial charge in [0.25, 0.3) is 5.56 Å². The first-order valence-electron chi connectivity index (χ1n) is 7.32. The van der Waals surface area contributed by atoms with E-state index in [0.717, 1.165) is 5.69 Å². The maximum atomic E-state index is 12.7. The minimum absolute atomic E-state index is 0.185. The van der Waals surface area contributed by atoms with E-state index in [1.165, 1.54) is 11.6 Å². The molecule has 6 heteroatoms. The zero-order valence-corrected chi connectivity index (χ0v) is 13.3. The van der Waals surface area contributed by atoms with E-state index in [1.807, 2.05) is 35.2 Å². The molecule has 1 aromatic carbocycles. The highest BCUT2D eigenvalue weighted by molar-refractivity contribution is 5.79. The predicted molar refractivity (Wildman–Crippen MR) is 88.0 cm³/mol. The summed E-state index contributed by atoms with van der Waals surface area (Å²) in [4.78, 5) is 29.0. The van der Waals surface area contributed by atoms with E-state index in [0.29, 0.717) is 18.2 Å². The number of anilines is 3. The molecule has 3 rings (SSSR count). The lowest BCUT2D eigenvalue weighted by Crippen LogP contribution is -2.39. The Balaban J connectivity index is 2.32. The van der Waals surface area contributed by atoms with Crippen molar-refractivity contribution in [2.24, 2.45) is 14.1 Å². The fraction of sp³-hybridized carbons (Fsp3) is 0.375. The molecule has 6 nitrogen and oxygen atoms in total. The van der Waals surface area contributed by atoms with Crippen LogP contribution >= 0.6 is 0 Å². The maximum absolute atomic E-state index is 12.7. The van der Waals surface area contributed by atoms with Crippen LogP contribution in [0.3, 0.4) is 0 Å². The van der Waals surface area contributed by atoms with E-state index >= 15 is 0 Å². The Morgan fingerprint density at radius 1 is 1.00 bits per heavy atom. The highest BCUT2D eigenvalue weighted by Gasteiger charge is 2.34. The molecule has 2 heterocycles. The second-order valence-corrected chi connectivity index (χ2v) is 5.85. The summed E-state index contributed by atoms with van der Waals surface area (Å²) < 4.78 is 2.72. The third-order valence-electron chi connectivity index (χ3n) is 4.14. The molecule has 116 valence electrons. The predicted octanol–water partition coefficient (Wildman–Crippen LogP) is 1.41. The largest absolute Gasteiger partial charge is 0.335 e. The number of para-hydroxylation sites is 1. The quantitative estimate of drug-likeness (QED) is 0.841. The van der Waals surface area contributed by atoms with Crippen molar-refractivity contribution in [1.82, 2.24) is 9.13 Å². The molecule has 0 amide bonds. The van der Waals surface area contributed by atoms with Crippen LogP contribution in [-0.4, -0.2) is 21.8 Å². The molecular formula is C16H20N4O2. The van der Waals surface area contributed by atoms with Crippen LogP contribution in [0.4, 0.5) is 17.2 Å². The van der Waals surface area contributed by atoms with Gasteiger partial charge in [-0.25, -0.2) is 4.79 Å². The molecule has 0 spiro atoms. The van der Waals surface area contributed by atoms with Crippen molar-refractivity contribution in [3.8, 4) is 0 Å². The fourth-order valence-corrected chi connectivity index (χ4v) is 2.90. The Bertz CT molecular complexity index is 821. The number of rotatable bonds is 2. The Hall–Kier alpha value is -2.50. The number of hydrogen-bond acceptors (Lipinski definition) is 4. The van der Waals surface area contributed by atoms with Crippen molar-refractivity contribution in [3.05, 3.63) is 51.2 Å². The van der Waals surface area contributed by atoms with Crippen molar-refractivity contribution in [3.63, 3.8) is 0 Å². The van der Waals surface area contributed by atoms with Gasteiger partial charge in [0.1, 0.15) is 5.82 Å².